The van der Waals surface area contributed by atoms with Gasteiger partial charge in [0, 0.05) is 27.6 Å². The Balaban J connectivity index is 2.55. The zero-order chi connectivity index (χ0) is 39.8. The van der Waals surface area contributed by atoms with Crippen molar-refractivity contribution in [1.82, 2.24) is 0 Å². The van der Waals surface area contributed by atoms with Crippen molar-refractivity contribution in [3.63, 3.8) is 0 Å². The average Bonchev–Trinajstić information content (AvgIpc) is 3.19. The van der Waals surface area contributed by atoms with Gasteiger partial charge in [-0.05, 0) is 25.0 Å². The molecule has 0 aliphatic rings. The van der Waals surface area contributed by atoms with Gasteiger partial charge in [0.2, 0.25) is 18.2 Å². The largest absolute Gasteiger partial charge is 0.495 e. The van der Waals surface area contributed by atoms with Crippen LogP contribution < -0.4 is 24.3 Å². The van der Waals surface area contributed by atoms with Crippen molar-refractivity contribution in [2.24, 2.45) is 0 Å². The summed E-state index contributed by atoms with van der Waals surface area (Å²) in [4.78, 5) is 30.9. The molecule has 0 bridgehead atoms. The number of methoxy groups -OCH3 is 4. The quantitative estimate of drug-likeness (QED) is 0.0477. The van der Waals surface area contributed by atoms with E-state index in [1.54, 1.807) is 42.5 Å². The van der Waals surface area contributed by atoms with Crippen LogP contribution in [0.5, 0.6) is 23.0 Å². The predicted octanol–water partition coefficient (Wildman–Crippen LogP) is 7.82. The summed E-state index contributed by atoms with van der Waals surface area (Å²) in [5.41, 5.74) is 0.700. The summed E-state index contributed by atoms with van der Waals surface area (Å²) in [7, 11) is 0.589. The summed E-state index contributed by atoms with van der Waals surface area (Å²) in [5.74, 6) is 0.147. The van der Waals surface area contributed by atoms with E-state index in [0.29, 0.717) is 33.4 Å². The Morgan fingerprint density at radius 3 is 1.06 bits per heavy atom. The van der Waals surface area contributed by atoms with Crippen molar-refractivity contribution >= 4 is 23.5 Å². The second-order valence-electron chi connectivity index (χ2n) is 11.8. The molecule has 0 spiro atoms. The van der Waals surface area contributed by atoms with E-state index in [4.69, 9.17) is 37.9 Å². The fraction of sp³-hybridized carbons (Fsp3) is 0.333. The molecule has 0 N–H and O–H groups in total. The van der Waals surface area contributed by atoms with Gasteiger partial charge in [-0.2, -0.15) is 0 Å². The van der Waals surface area contributed by atoms with Crippen LogP contribution in [0.25, 0.3) is 0 Å². The topological polar surface area (TPSA) is 125 Å². The highest BCUT2D eigenvalue weighted by Gasteiger charge is 2.49. The molecule has 0 saturated heterocycles. The molecule has 290 valence electrons. The van der Waals surface area contributed by atoms with Crippen molar-refractivity contribution in [2.75, 3.05) is 54.9 Å². The summed E-state index contributed by atoms with van der Waals surface area (Å²) in [5, 5.41) is -0.0304. The van der Waals surface area contributed by atoms with Crippen LogP contribution in [-0.4, -0.2) is 65.9 Å². The van der Waals surface area contributed by atoms with Gasteiger partial charge < -0.3 is 42.5 Å². The maximum absolute atomic E-state index is 16.0. The van der Waals surface area contributed by atoms with Crippen LogP contribution in [0.1, 0.15) is 54.1 Å². The highest BCUT2D eigenvalue weighted by atomic mass is 31.2. The smallest absolute Gasteiger partial charge is 0.249 e. The van der Waals surface area contributed by atoms with Crippen LogP contribution in [0.4, 0.5) is 0 Å². The molecule has 0 atom stereocenters. The average molecular weight is 763 g/mol. The van der Waals surface area contributed by atoms with Gasteiger partial charge in [-0.3, -0.25) is 9.59 Å². The maximum atomic E-state index is 16.0. The van der Waals surface area contributed by atoms with Gasteiger partial charge in [0.15, 0.2) is 0 Å². The first-order valence-corrected chi connectivity index (χ1v) is 18.8. The molecule has 0 aliphatic heterocycles. The number of carbonyl (C=O) groups excluding carboxylic acids is 2. The Bertz CT molecular complexity index is 1680. The number of rotatable bonds is 25. The van der Waals surface area contributed by atoms with Crippen molar-refractivity contribution in [3.05, 3.63) is 125 Å². The minimum absolute atomic E-state index is 0.00884. The SMILES string of the molecule is C=CCOCc1c(C)c(COCC=C)c(OC)c(C(=O)P(=O)(C(=O)c2c(OC)c(COCC=C)c(C)c(COCC=C)c2OC)c2ccccc2)c1OC. The van der Waals surface area contributed by atoms with Gasteiger partial charge in [-0.25, -0.2) is 0 Å². The van der Waals surface area contributed by atoms with E-state index in [1.807, 2.05) is 13.8 Å². The van der Waals surface area contributed by atoms with Gasteiger partial charge in [0.1, 0.15) is 34.1 Å². The molecule has 3 rings (SSSR count). The first kappa shape index (κ1) is 43.6. The molecule has 0 aliphatic carbocycles. The Hall–Kier alpha value is -4.77. The fourth-order valence-corrected chi connectivity index (χ4v) is 8.38. The highest BCUT2D eigenvalue weighted by Crippen LogP contribution is 2.58. The Kier molecular flexibility index (Phi) is 17.1. The molecule has 54 heavy (non-hydrogen) atoms. The van der Waals surface area contributed by atoms with Gasteiger partial charge in [-0.15, -0.1) is 26.3 Å². The van der Waals surface area contributed by atoms with Crippen LogP contribution >= 0.6 is 7.14 Å². The van der Waals surface area contributed by atoms with Crippen LogP contribution in [0.2, 0.25) is 0 Å². The lowest BCUT2D eigenvalue weighted by atomic mass is 9.96. The summed E-state index contributed by atoms with van der Waals surface area (Å²) in [6.07, 6.45) is 6.35. The second-order valence-corrected chi connectivity index (χ2v) is 14.4. The van der Waals surface area contributed by atoms with Crippen LogP contribution in [0.3, 0.4) is 0 Å². The van der Waals surface area contributed by atoms with E-state index in [9.17, 15) is 0 Å². The summed E-state index contributed by atoms with van der Waals surface area (Å²) in [6, 6.07) is 7.84. The van der Waals surface area contributed by atoms with Gasteiger partial charge in [-0.1, -0.05) is 54.6 Å². The van der Waals surface area contributed by atoms with E-state index in [-0.39, 0.29) is 92.3 Å². The Morgan fingerprint density at radius 1 is 0.537 bits per heavy atom. The molecular weight excluding hydrogens is 711 g/mol. The molecule has 0 amide bonds. The maximum Gasteiger partial charge on any atom is 0.249 e. The predicted molar refractivity (Wildman–Crippen MR) is 210 cm³/mol. The number of hydrogen-bond acceptors (Lipinski definition) is 11. The van der Waals surface area contributed by atoms with Gasteiger partial charge in [0.05, 0.1) is 81.3 Å². The van der Waals surface area contributed by atoms with E-state index in [2.05, 4.69) is 26.3 Å². The molecule has 3 aromatic carbocycles. The van der Waals surface area contributed by atoms with Crippen LogP contribution in [0, 0.1) is 13.8 Å². The lowest BCUT2D eigenvalue weighted by Crippen LogP contribution is -2.24. The van der Waals surface area contributed by atoms with Crippen molar-refractivity contribution < 1.29 is 52.0 Å². The first-order valence-electron chi connectivity index (χ1n) is 17.1. The lowest BCUT2D eigenvalue weighted by molar-refractivity contribution is 0.103. The molecule has 0 heterocycles. The first-order chi connectivity index (χ1) is 26.1. The van der Waals surface area contributed by atoms with Crippen LogP contribution in [-0.2, 0) is 49.9 Å². The molecular formula is C42H51O11P. The number of carbonyl (C=O) groups is 2. The minimum Gasteiger partial charge on any atom is -0.495 e. The van der Waals surface area contributed by atoms with Gasteiger partial charge in [0.25, 0.3) is 0 Å². The molecule has 11 nitrogen and oxygen atoms in total. The monoisotopic (exact) mass is 762 g/mol. The van der Waals surface area contributed by atoms with Crippen LogP contribution in [0.15, 0.2) is 81.0 Å². The fourth-order valence-electron chi connectivity index (χ4n) is 6.10. The van der Waals surface area contributed by atoms with E-state index in [0.717, 1.165) is 0 Å². The van der Waals surface area contributed by atoms with Gasteiger partial charge >= 0.3 is 0 Å². The molecule has 0 saturated carbocycles. The summed E-state index contributed by atoms with van der Waals surface area (Å²) in [6.45, 7) is 19.3. The molecule has 0 unspecified atom stereocenters. The highest BCUT2D eigenvalue weighted by molar-refractivity contribution is 8.01. The van der Waals surface area contributed by atoms with Crippen molar-refractivity contribution in [2.45, 2.75) is 40.3 Å². The second kappa shape index (κ2) is 21.2. The molecule has 0 aromatic heterocycles. The minimum atomic E-state index is -4.92. The third-order valence-corrected chi connectivity index (χ3v) is 11.3. The number of benzene rings is 3. The normalized spacial score (nSPS) is 11.1. The van der Waals surface area contributed by atoms with E-state index in [1.165, 1.54) is 40.6 Å². The molecule has 3 aromatic rings. The summed E-state index contributed by atoms with van der Waals surface area (Å²) >= 11 is 0. The lowest BCUT2D eigenvalue weighted by Gasteiger charge is -2.27. The zero-order valence-electron chi connectivity index (χ0n) is 32.1. The van der Waals surface area contributed by atoms with Crippen molar-refractivity contribution in [1.29, 1.82) is 0 Å². The standard InChI is InChI=1S/C42H51O11P/c1-11-20-50-24-31-28(5)32(25-51-21-12-2)38(47-8)35(37(31)46-7)41(43)54(45,30-18-16-15-17-19-30)42(44)36-39(48-9)33(26-52-22-13-3)29(6)34(40(36)49-10)27-53-23-14-4/h11-19H,1-4,20-27H2,5-10H3. The zero-order valence-corrected chi connectivity index (χ0v) is 33.0. The van der Waals surface area contributed by atoms with E-state index >= 15 is 14.2 Å². The molecule has 12 heteroatoms. The Morgan fingerprint density at radius 2 is 0.815 bits per heavy atom. The molecule has 0 radical (unpaired) electrons. The Labute approximate surface area is 318 Å². The summed E-state index contributed by atoms with van der Waals surface area (Å²) < 4.78 is 63.0. The number of ether oxygens (including phenoxy) is 8. The third kappa shape index (κ3) is 9.12. The van der Waals surface area contributed by atoms with Crippen molar-refractivity contribution in [3.8, 4) is 23.0 Å². The molecule has 0 fully saturated rings. The van der Waals surface area contributed by atoms with E-state index < -0.39 is 18.2 Å². The third-order valence-electron chi connectivity index (χ3n) is 8.68. The number of hydrogen-bond donors (Lipinski definition) is 0.